The first-order valence-corrected chi connectivity index (χ1v) is 12.4. The van der Waals surface area contributed by atoms with Crippen molar-refractivity contribution < 1.29 is 13.3 Å². The molecule has 0 radical (unpaired) electrons. The normalized spacial score (nSPS) is 16.6. The van der Waals surface area contributed by atoms with Crippen molar-refractivity contribution in [2.24, 2.45) is 0 Å². The van der Waals surface area contributed by atoms with Crippen molar-refractivity contribution in [3.05, 3.63) is 94.8 Å². The molecule has 174 valence electrons. The molecule has 5 rings (SSSR count). The van der Waals surface area contributed by atoms with Crippen LogP contribution in [0.25, 0.3) is 11.0 Å². The Hall–Kier alpha value is -3.76. The molecule has 0 spiro atoms. The van der Waals surface area contributed by atoms with Crippen LogP contribution in [0.1, 0.15) is 12.0 Å². The average Bonchev–Trinajstić information content (AvgIpc) is 3.48. The molecule has 1 aliphatic heterocycles. The van der Waals surface area contributed by atoms with E-state index in [9.17, 15) is 18.5 Å². The largest absolute Gasteiger partial charge is 0.375 e. The molecule has 9 nitrogen and oxygen atoms in total. The van der Waals surface area contributed by atoms with Crippen LogP contribution in [0.15, 0.2) is 84.0 Å². The van der Waals surface area contributed by atoms with Crippen molar-refractivity contribution in [1.82, 2.24) is 13.9 Å². The molecule has 0 aliphatic carbocycles. The number of nitrogens with one attached hydrogen (secondary N) is 1. The number of nitrogens with zero attached hydrogens (tertiary/aromatic N) is 4. The molecule has 0 unspecified atom stereocenters. The van der Waals surface area contributed by atoms with E-state index in [1.165, 1.54) is 23.9 Å². The minimum atomic E-state index is -3.89. The van der Waals surface area contributed by atoms with Crippen molar-refractivity contribution >= 4 is 32.4 Å². The van der Waals surface area contributed by atoms with Crippen LogP contribution < -0.4 is 5.32 Å². The SMILES string of the molecule is O=[N+]([O-])c1cnc2c(ccn2S(=O)(=O)c2ccccc2)c1N[C@@H]1CCN(Cc2ccccc2)C1. The van der Waals surface area contributed by atoms with E-state index < -0.39 is 14.9 Å². The van der Waals surface area contributed by atoms with Gasteiger partial charge in [-0.05, 0) is 30.2 Å². The Labute approximate surface area is 196 Å². The van der Waals surface area contributed by atoms with E-state index in [2.05, 4.69) is 27.3 Å². The summed E-state index contributed by atoms with van der Waals surface area (Å²) in [7, 11) is -3.89. The van der Waals surface area contributed by atoms with Crippen molar-refractivity contribution in [2.45, 2.75) is 23.9 Å². The van der Waals surface area contributed by atoms with E-state index in [0.29, 0.717) is 11.1 Å². The zero-order valence-electron chi connectivity index (χ0n) is 18.2. The summed E-state index contributed by atoms with van der Waals surface area (Å²) in [5, 5.41) is 15.5. The fourth-order valence-corrected chi connectivity index (χ4v) is 5.70. The molecule has 1 aliphatic rings. The number of hydrogen-bond acceptors (Lipinski definition) is 7. The van der Waals surface area contributed by atoms with Crippen LogP contribution in [0.2, 0.25) is 0 Å². The molecule has 1 fully saturated rings. The van der Waals surface area contributed by atoms with Crippen molar-refractivity contribution in [2.75, 3.05) is 18.4 Å². The lowest BCUT2D eigenvalue weighted by atomic mass is 10.2. The lowest BCUT2D eigenvalue weighted by Crippen LogP contribution is -2.26. The molecule has 1 saturated heterocycles. The molecule has 1 atom stereocenters. The molecule has 2 aromatic carbocycles. The standard InChI is InChI=1S/C24H23N5O4S/c30-29(31)22-15-25-24-21(12-14-28(24)34(32,33)20-9-5-2-6-10-20)23(22)26-19-11-13-27(17-19)16-18-7-3-1-4-8-18/h1-10,12,14-15,19H,11,13,16-17H2,(H,25,26)/t19-/m1/s1. The topological polar surface area (TPSA) is 110 Å². The molecular formula is C24H23N5O4S. The van der Waals surface area contributed by atoms with Gasteiger partial charge in [0.05, 0.1) is 15.2 Å². The van der Waals surface area contributed by atoms with Crippen molar-refractivity contribution in [3.63, 3.8) is 0 Å². The van der Waals surface area contributed by atoms with E-state index in [0.717, 1.165) is 36.2 Å². The molecule has 1 N–H and O–H groups in total. The van der Waals surface area contributed by atoms with E-state index in [4.69, 9.17) is 0 Å². The van der Waals surface area contributed by atoms with Gasteiger partial charge in [-0.2, -0.15) is 0 Å². The van der Waals surface area contributed by atoms with Crippen LogP contribution in [0.5, 0.6) is 0 Å². The predicted octanol–water partition coefficient (Wildman–Crippen LogP) is 3.87. The summed E-state index contributed by atoms with van der Waals surface area (Å²) in [6, 6.07) is 19.7. The van der Waals surface area contributed by atoms with E-state index in [-0.39, 0.29) is 22.3 Å². The van der Waals surface area contributed by atoms with Crippen LogP contribution >= 0.6 is 0 Å². The third-order valence-electron chi connectivity index (χ3n) is 6.03. The van der Waals surface area contributed by atoms with Gasteiger partial charge in [-0.25, -0.2) is 17.4 Å². The Morgan fingerprint density at radius 3 is 2.47 bits per heavy atom. The van der Waals surface area contributed by atoms with Gasteiger partial charge in [0, 0.05) is 31.9 Å². The van der Waals surface area contributed by atoms with E-state index in [1.807, 2.05) is 18.2 Å². The fraction of sp³-hybridized carbons (Fsp3) is 0.208. The highest BCUT2D eigenvalue weighted by Gasteiger charge is 2.29. The zero-order chi connectivity index (χ0) is 23.7. The van der Waals surface area contributed by atoms with Crippen LogP contribution in [-0.2, 0) is 16.6 Å². The number of likely N-dealkylation sites (tertiary alicyclic amines) is 1. The second-order valence-corrected chi connectivity index (χ2v) is 10.1. The quantitative estimate of drug-likeness (QED) is 0.318. The van der Waals surface area contributed by atoms with Crippen LogP contribution in [0.3, 0.4) is 0 Å². The summed E-state index contributed by atoms with van der Waals surface area (Å²) in [4.78, 5) is 17.8. The second kappa shape index (κ2) is 8.88. The maximum absolute atomic E-state index is 13.2. The highest BCUT2D eigenvalue weighted by atomic mass is 32.2. The average molecular weight is 478 g/mol. The predicted molar refractivity (Wildman–Crippen MR) is 129 cm³/mol. The summed E-state index contributed by atoms with van der Waals surface area (Å²) in [5.41, 5.74) is 1.48. The third-order valence-corrected chi connectivity index (χ3v) is 7.71. The van der Waals surface area contributed by atoms with Gasteiger partial charge in [0.15, 0.2) is 5.65 Å². The molecule has 0 amide bonds. The fourth-order valence-electron chi connectivity index (χ4n) is 4.38. The lowest BCUT2D eigenvalue weighted by molar-refractivity contribution is -0.384. The highest BCUT2D eigenvalue weighted by molar-refractivity contribution is 7.90. The molecule has 34 heavy (non-hydrogen) atoms. The van der Waals surface area contributed by atoms with Crippen molar-refractivity contribution in [1.29, 1.82) is 0 Å². The Kier molecular flexibility index (Phi) is 5.76. The lowest BCUT2D eigenvalue weighted by Gasteiger charge is -2.18. The Morgan fingerprint density at radius 2 is 1.76 bits per heavy atom. The van der Waals surface area contributed by atoms with E-state index >= 15 is 0 Å². The van der Waals surface area contributed by atoms with Crippen LogP contribution in [0, 0.1) is 10.1 Å². The molecule has 0 saturated carbocycles. The Morgan fingerprint density at radius 1 is 1.06 bits per heavy atom. The number of rotatable bonds is 7. The van der Waals surface area contributed by atoms with Gasteiger partial charge in [0.2, 0.25) is 0 Å². The molecule has 4 aromatic rings. The number of benzene rings is 2. The van der Waals surface area contributed by atoms with Crippen LogP contribution in [0.4, 0.5) is 11.4 Å². The Bertz CT molecular complexity index is 1440. The number of fused-ring (bicyclic) bond motifs is 1. The zero-order valence-corrected chi connectivity index (χ0v) is 19.1. The maximum Gasteiger partial charge on any atom is 0.311 e. The van der Waals surface area contributed by atoms with E-state index in [1.54, 1.807) is 24.3 Å². The number of pyridine rings is 1. The summed E-state index contributed by atoms with van der Waals surface area (Å²) in [5.74, 6) is 0. The maximum atomic E-state index is 13.2. The number of aromatic nitrogens is 2. The molecular weight excluding hydrogens is 454 g/mol. The first-order chi connectivity index (χ1) is 16.4. The third kappa shape index (κ3) is 4.13. The number of hydrogen-bond donors (Lipinski definition) is 1. The van der Waals surface area contributed by atoms with Gasteiger partial charge in [-0.3, -0.25) is 15.0 Å². The van der Waals surface area contributed by atoms with Gasteiger partial charge in [0.25, 0.3) is 10.0 Å². The minimum absolute atomic E-state index is 0.0120. The summed E-state index contributed by atoms with van der Waals surface area (Å²) in [6.07, 6.45) is 3.33. The van der Waals surface area contributed by atoms with Crippen LogP contribution in [-0.4, -0.2) is 46.3 Å². The minimum Gasteiger partial charge on any atom is -0.375 e. The highest BCUT2D eigenvalue weighted by Crippen LogP contribution is 2.35. The molecule has 2 aromatic heterocycles. The van der Waals surface area contributed by atoms with Gasteiger partial charge >= 0.3 is 5.69 Å². The van der Waals surface area contributed by atoms with Gasteiger partial charge < -0.3 is 5.32 Å². The summed E-state index contributed by atoms with van der Waals surface area (Å²) in [6.45, 7) is 2.38. The number of nitro groups is 1. The molecule has 0 bridgehead atoms. The first-order valence-electron chi connectivity index (χ1n) is 10.9. The molecule has 10 heteroatoms. The monoisotopic (exact) mass is 477 g/mol. The smallest absolute Gasteiger partial charge is 0.311 e. The summed E-state index contributed by atoms with van der Waals surface area (Å²) >= 11 is 0. The second-order valence-electron chi connectivity index (χ2n) is 8.29. The van der Waals surface area contributed by atoms with Gasteiger partial charge in [-0.1, -0.05) is 48.5 Å². The Balaban J connectivity index is 1.46. The summed E-state index contributed by atoms with van der Waals surface area (Å²) < 4.78 is 27.4. The van der Waals surface area contributed by atoms with Gasteiger partial charge in [0.1, 0.15) is 11.9 Å². The molecule has 3 heterocycles. The van der Waals surface area contributed by atoms with Crippen molar-refractivity contribution in [3.8, 4) is 0 Å². The van der Waals surface area contributed by atoms with Gasteiger partial charge in [-0.15, -0.1) is 0 Å². The first kappa shape index (κ1) is 22.1. The number of anilines is 1.